The van der Waals surface area contributed by atoms with Crippen molar-refractivity contribution in [1.29, 1.82) is 0 Å². The number of benzene rings is 2. The van der Waals surface area contributed by atoms with Crippen molar-refractivity contribution in [3.8, 4) is 5.75 Å². The number of thioether (sulfide) groups is 1. The number of methoxy groups -OCH3 is 2. The molecule has 8 nitrogen and oxygen atoms in total. The van der Waals surface area contributed by atoms with E-state index < -0.39 is 5.91 Å². The molecule has 0 bridgehead atoms. The van der Waals surface area contributed by atoms with Crippen LogP contribution in [0, 0.1) is 0 Å². The van der Waals surface area contributed by atoms with E-state index >= 15 is 0 Å². The molecule has 1 fully saturated rings. The van der Waals surface area contributed by atoms with Crippen LogP contribution in [0.3, 0.4) is 0 Å². The number of para-hydroxylation sites is 1. The third-order valence-corrected chi connectivity index (χ3v) is 6.85. The first-order valence-electron chi connectivity index (χ1n) is 10.6. The van der Waals surface area contributed by atoms with Gasteiger partial charge in [-0.05, 0) is 36.8 Å². The van der Waals surface area contributed by atoms with Gasteiger partial charge in [-0.1, -0.05) is 42.2 Å². The largest absolute Gasteiger partial charge is 0.497 e. The molecule has 0 spiro atoms. The average molecular weight is 498 g/mol. The van der Waals surface area contributed by atoms with Crippen molar-refractivity contribution in [2.45, 2.75) is 6.42 Å². The first-order chi connectivity index (χ1) is 16.4. The summed E-state index contributed by atoms with van der Waals surface area (Å²) in [5, 5.41) is 2.79. The van der Waals surface area contributed by atoms with Gasteiger partial charge in [0.25, 0.3) is 11.8 Å². The molecule has 2 aliphatic heterocycles. The molecule has 3 amide bonds. The third-order valence-electron chi connectivity index (χ3n) is 5.41. The van der Waals surface area contributed by atoms with E-state index in [4.69, 9.17) is 21.7 Å². The Bertz CT molecular complexity index is 1180. The predicted octanol–water partition coefficient (Wildman–Crippen LogP) is 3.29. The highest BCUT2D eigenvalue weighted by atomic mass is 32.2. The SMILES string of the molecule is COCCCN1C(=O)/C(=C2\C(=O)N(CC(=O)Nc3ccc(OC)cc3)c3ccccc32)SC1=S. The molecule has 0 radical (unpaired) electrons. The van der Waals surface area contributed by atoms with Gasteiger partial charge in [-0.2, -0.15) is 0 Å². The Hall–Kier alpha value is -3.21. The van der Waals surface area contributed by atoms with E-state index in [1.807, 2.05) is 0 Å². The summed E-state index contributed by atoms with van der Waals surface area (Å²) in [6, 6.07) is 14.0. The van der Waals surface area contributed by atoms with Crippen LogP contribution in [0.15, 0.2) is 53.4 Å². The molecule has 1 N–H and O–H groups in total. The van der Waals surface area contributed by atoms with Crippen molar-refractivity contribution >= 4 is 63.0 Å². The van der Waals surface area contributed by atoms with Crippen LogP contribution in [-0.4, -0.2) is 60.9 Å². The van der Waals surface area contributed by atoms with Crippen LogP contribution < -0.4 is 15.0 Å². The zero-order chi connectivity index (χ0) is 24.2. The van der Waals surface area contributed by atoms with Crippen LogP contribution in [0.2, 0.25) is 0 Å². The highest BCUT2D eigenvalue weighted by Gasteiger charge is 2.42. The molecule has 2 aliphatic rings. The summed E-state index contributed by atoms with van der Waals surface area (Å²) < 4.78 is 10.6. The first-order valence-corrected chi connectivity index (χ1v) is 11.8. The summed E-state index contributed by atoms with van der Waals surface area (Å²) in [6.45, 7) is 0.723. The number of fused-ring (bicyclic) bond motifs is 1. The lowest BCUT2D eigenvalue weighted by Crippen LogP contribution is -2.35. The molecule has 10 heteroatoms. The van der Waals surface area contributed by atoms with Crippen molar-refractivity contribution in [2.75, 3.05) is 44.1 Å². The van der Waals surface area contributed by atoms with Crippen LogP contribution in [0.1, 0.15) is 12.0 Å². The van der Waals surface area contributed by atoms with Crippen molar-refractivity contribution in [3.05, 3.63) is 59.0 Å². The van der Waals surface area contributed by atoms with E-state index in [1.54, 1.807) is 62.8 Å². The van der Waals surface area contributed by atoms with Crippen LogP contribution >= 0.6 is 24.0 Å². The number of rotatable bonds is 8. The van der Waals surface area contributed by atoms with Gasteiger partial charge in [0.05, 0.1) is 23.3 Å². The number of carbonyl (C=O) groups excluding carboxylic acids is 3. The predicted molar refractivity (Wildman–Crippen MR) is 136 cm³/mol. The fourth-order valence-electron chi connectivity index (χ4n) is 3.78. The van der Waals surface area contributed by atoms with Gasteiger partial charge in [-0.25, -0.2) is 0 Å². The van der Waals surface area contributed by atoms with E-state index in [9.17, 15) is 14.4 Å². The Morgan fingerprint density at radius 3 is 2.47 bits per heavy atom. The fourth-order valence-corrected chi connectivity index (χ4v) is 5.16. The summed E-state index contributed by atoms with van der Waals surface area (Å²) >= 11 is 6.52. The number of ether oxygens (including phenoxy) is 2. The van der Waals surface area contributed by atoms with Crippen LogP contribution in [0.25, 0.3) is 5.57 Å². The van der Waals surface area contributed by atoms with Crippen molar-refractivity contribution in [2.24, 2.45) is 0 Å². The second-order valence-electron chi connectivity index (χ2n) is 7.56. The lowest BCUT2D eigenvalue weighted by Gasteiger charge is -2.17. The average Bonchev–Trinajstić information content (AvgIpc) is 3.27. The quantitative estimate of drug-likeness (QED) is 0.340. The minimum absolute atomic E-state index is 0.195. The molecular weight excluding hydrogens is 474 g/mol. The van der Waals surface area contributed by atoms with Gasteiger partial charge in [-0.3, -0.25) is 24.2 Å². The molecule has 0 aromatic heterocycles. The highest BCUT2D eigenvalue weighted by molar-refractivity contribution is 8.26. The maximum Gasteiger partial charge on any atom is 0.267 e. The number of thiocarbonyl (C=S) groups is 1. The van der Waals surface area contributed by atoms with Gasteiger partial charge in [-0.15, -0.1) is 0 Å². The number of anilines is 2. The van der Waals surface area contributed by atoms with Crippen molar-refractivity contribution in [1.82, 2.24) is 4.90 Å². The third kappa shape index (κ3) is 4.70. The smallest absolute Gasteiger partial charge is 0.267 e. The molecule has 2 heterocycles. The zero-order valence-corrected chi connectivity index (χ0v) is 20.3. The number of carbonyl (C=O) groups is 3. The zero-order valence-electron chi connectivity index (χ0n) is 18.7. The maximum atomic E-state index is 13.5. The normalized spacial score (nSPS) is 17.4. The molecule has 2 aromatic carbocycles. The lowest BCUT2D eigenvalue weighted by molar-refractivity contribution is -0.122. The monoisotopic (exact) mass is 497 g/mol. The number of amides is 3. The first kappa shape index (κ1) is 23.9. The summed E-state index contributed by atoms with van der Waals surface area (Å²) in [5.74, 6) is -0.384. The summed E-state index contributed by atoms with van der Waals surface area (Å²) in [4.78, 5) is 42.5. The number of nitrogens with one attached hydrogen (secondary N) is 1. The topological polar surface area (TPSA) is 88.2 Å². The number of hydrogen-bond donors (Lipinski definition) is 1. The van der Waals surface area contributed by atoms with Crippen molar-refractivity contribution in [3.63, 3.8) is 0 Å². The Labute approximate surface area is 206 Å². The van der Waals surface area contributed by atoms with Gasteiger partial charge >= 0.3 is 0 Å². The second kappa shape index (κ2) is 10.4. The minimum atomic E-state index is -0.400. The molecule has 4 rings (SSSR count). The van der Waals surface area contributed by atoms with Gasteiger partial charge in [0.1, 0.15) is 16.6 Å². The van der Waals surface area contributed by atoms with E-state index in [-0.39, 0.29) is 28.8 Å². The van der Waals surface area contributed by atoms with Gasteiger partial charge in [0.2, 0.25) is 5.91 Å². The molecule has 2 aromatic rings. The summed E-state index contributed by atoms with van der Waals surface area (Å²) in [6.07, 6.45) is 0.633. The van der Waals surface area contributed by atoms with E-state index in [2.05, 4.69) is 5.32 Å². The number of hydrogen-bond acceptors (Lipinski definition) is 7. The Morgan fingerprint density at radius 1 is 1.03 bits per heavy atom. The minimum Gasteiger partial charge on any atom is -0.497 e. The molecule has 0 saturated carbocycles. The molecule has 0 atom stereocenters. The molecule has 34 heavy (non-hydrogen) atoms. The molecule has 176 valence electrons. The summed E-state index contributed by atoms with van der Waals surface area (Å²) in [5.41, 5.74) is 2.06. The Kier molecular flexibility index (Phi) is 7.30. The van der Waals surface area contributed by atoms with Crippen molar-refractivity contribution < 1.29 is 23.9 Å². The van der Waals surface area contributed by atoms with Crippen LogP contribution in [0.5, 0.6) is 5.75 Å². The second-order valence-corrected chi connectivity index (χ2v) is 9.20. The molecule has 1 saturated heterocycles. The van der Waals surface area contributed by atoms with E-state index in [1.165, 1.54) is 9.80 Å². The summed E-state index contributed by atoms with van der Waals surface area (Å²) in [7, 11) is 3.16. The van der Waals surface area contributed by atoms with Gasteiger partial charge in [0, 0.05) is 31.5 Å². The van der Waals surface area contributed by atoms with Gasteiger partial charge < -0.3 is 14.8 Å². The standard InChI is InChI=1S/C24H23N3O5S2/c1-31-13-5-12-26-23(30)21(34-24(26)33)20-17-6-3-4-7-18(17)27(22(20)29)14-19(28)25-15-8-10-16(32-2)11-9-15/h3-4,6-11H,5,12-14H2,1-2H3,(H,25,28)/b21-20+. The Balaban J connectivity index is 1.57. The van der Waals surface area contributed by atoms with E-state index in [0.29, 0.717) is 46.6 Å². The number of nitrogens with zero attached hydrogens (tertiary/aromatic N) is 2. The van der Waals surface area contributed by atoms with Gasteiger partial charge in [0.15, 0.2) is 0 Å². The highest BCUT2D eigenvalue weighted by Crippen LogP contribution is 2.44. The van der Waals surface area contributed by atoms with Crippen LogP contribution in [0.4, 0.5) is 11.4 Å². The fraction of sp³-hybridized carbons (Fsp3) is 0.250. The molecule has 0 unspecified atom stereocenters. The molecular formula is C24H23N3O5S2. The van der Waals surface area contributed by atoms with E-state index in [0.717, 1.165) is 11.8 Å². The Morgan fingerprint density at radius 2 is 1.76 bits per heavy atom. The lowest BCUT2D eigenvalue weighted by atomic mass is 10.1. The van der Waals surface area contributed by atoms with Crippen LogP contribution in [-0.2, 0) is 19.1 Å². The molecule has 0 aliphatic carbocycles. The maximum absolute atomic E-state index is 13.5.